The second-order valence-corrected chi connectivity index (χ2v) is 6.18. The highest BCUT2D eigenvalue weighted by atomic mass is 16.5. The monoisotopic (exact) mass is 271 g/mol. The van der Waals surface area contributed by atoms with Crippen molar-refractivity contribution in [1.82, 2.24) is 5.32 Å². The molecule has 0 atom stereocenters. The van der Waals surface area contributed by atoms with Crippen molar-refractivity contribution in [3.05, 3.63) is 48.0 Å². The molecule has 0 radical (unpaired) electrons. The number of rotatable bonds is 6. The van der Waals surface area contributed by atoms with Crippen LogP contribution in [0.3, 0.4) is 0 Å². The van der Waals surface area contributed by atoms with Gasteiger partial charge in [0.25, 0.3) is 0 Å². The summed E-state index contributed by atoms with van der Waals surface area (Å²) in [5.41, 5.74) is 1.53. The van der Waals surface area contributed by atoms with Crippen LogP contribution in [-0.2, 0) is 11.2 Å². The van der Waals surface area contributed by atoms with Gasteiger partial charge in [0.1, 0.15) is 0 Å². The average Bonchev–Trinajstić information content (AvgIpc) is 2.41. The van der Waals surface area contributed by atoms with Gasteiger partial charge in [-0.05, 0) is 43.5 Å². The van der Waals surface area contributed by atoms with Crippen LogP contribution in [0.25, 0.3) is 10.8 Å². The molecule has 0 amide bonds. The minimum Gasteiger partial charge on any atom is -0.380 e. The molecule has 20 heavy (non-hydrogen) atoms. The molecule has 2 rings (SSSR count). The standard InChI is InChI=1S/C18H25NO/c1-18(2,3)19-12-14-20-13-11-16-9-6-8-15-7-4-5-10-17(15)16/h4-10,19H,11-14H2,1-3H3. The van der Waals surface area contributed by atoms with E-state index < -0.39 is 0 Å². The average molecular weight is 271 g/mol. The molecule has 0 aliphatic rings. The zero-order chi connectivity index (χ0) is 14.4. The van der Waals surface area contributed by atoms with Gasteiger partial charge < -0.3 is 10.1 Å². The van der Waals surface area contributed by atoms with Crippen molar-refractivity contribution >= 4 is 10.8 Å². The lowest BCUT2D eigenvalue weighted by atomic mass is 10.0. The van der Waals surface area contributed by atoms with Crippen LogP contribution in [0.15, 0.2) is 42.5 Å². The third-order valence-corrected chi connectivity index (χ3v) is 3.30. The van der Waals surface area contributed by atoms with E-state index in [0.29, 0.717) is 0 Å². The van der Waals surface area contributed by atoms with Gasteiger partial charge in [0.15, 0.2) is 0 Å². The van der Waals surface area contributed by atoms with Crippen molar-refractivity contribution < 1.29 is 4.74 Å². The van der Waals surface area contributed by atoms with Crippen molar-refractivity contribution in [2.45, 2.75) is 32.7 Å². The Morgan fingerprint density at radius 1 is 0.950 bits per heavy atom. The molecule has 0 fully saturated rings. The molecule has 0 aromatic heterocycles. The maximum absolute atomic E-state index is 5.72. The van der Waals surface area contributed by atoms with E-state index in [0.717, 1.165) is 26.2 Å². The van der Waals surface area contributed by atoms with E-state index >= 15 is 0 Å². The Morgan fingerprint density at radius 3 is 2.50 bits per heavy atom. The zero-order valence-corrected chi connectivity index (χ0v) is 12.8. The van der Waals surface area contributed by atoms with Crippen molar-refractivity contribution in [2.24, 2.45) is 0 Å². The summed E-state index contributed by atoms with van der Waals surface area (Å²) in [5.74, 6) is 0. The fourth-order valence-corrected chi connectivity index (χ4v) is 2.29. The van der Waals surface area contributed by atoms with E-state index in [1.165, 1.54) is 16.3 Å². The highest BCUT2D eigenvalue weighted by Gasteiger charge is 2.07. The molecule has 2 heteroatoms. The van der Waals surface area contributed by atoms with E-state index in [1.54, 1.807) is 0 Å². The first kappa shape index (κ1) is 15.0. The Labute approximate surface area is 122 Å². The number of hydrogen-bond donors (Lipinski definition) is 1. The molecule has 0 bridgehead atoms. The summed E-state index contributed by atoms with van der Waals surface area (Å²) in [5, 5.41) is 6.07. The predicted molar refractivity (Wildman–Crippen MR) is 86.2 cm³/mol. The molecule has 2 aromatic carbocycles. The third-order valence-electron chi connectivity index (χ3n) is 3.30. The molecule has 0 saturated carbocycles. The lowest BCUT2D eigenvalue weighted by molar-refractivity contribution is 0.134. The molecular weight excluding hydrogens is 246 g/mol. The van der Waals surface area contributed by atoms with Crippen molar-refractivity contribution in [2.75, 3.05) is 19.8 Å². The molecule has 0 unspecified atom stereocenters. The molecule has 0 spiro atoms. The molecule has 108 valence electrons. The second-order valence-electron chi connectivity index (χ2n) is 6.18. The van der Waals surface area contributed by atoms with Crippen molar-refractivity contribution in [3.63, 3.8) is 0 Å². The summed E-state index contributed by atoms with van der Waals surface area (Å²) >= 11 is 0. The summed E-state index contributed by atoms with van der Waals surface area (Å²) in [6.45, 7) is 8.95. The van der Waals surface area contributed by atoms with E-state index in [2.05, 4.69) is 68.6 Å². The van der Waals surface area contributed by atoms with Crippen LogP contribution < -0.4 is 5.32 Å². The van der Waals surface area contributed by atoms with Crippen molar-refractivity contribution in [3.8, 4) is 0 Å². The molecule has 1 N–H and O–H groups in total. The van der Waals surface area contributed by atoms with Gasteiger partial charge in [-0.15, -0.1) is 0 Å². The summed E-state index contributed by atoms with van der Waals surface area (Å²) < 4.78 is 5.72. The number of benzene rings is 2. The van der Waals surface area contributed by atoms with Crippen LogP contribution in [0.2, 0.25) is 0 Å². The van der Waals surface area contributed by atoms with Crippen LogP contribution in [0.5, 0.6) is 0 Å². The summed E-state index contributed by atoms with van der Waals surface area (Å²) in [6.07, 6.45) is 0.969. The Hall–Kier alpha value is -1.38. The zero-order valence-electron chi connectivity index (χ0n) is 12.8. The lowest BCUT2D eigenvalue weighted by Gasteiger charge is -2.20. The number of ether oxygens (including phenoxy) is 1. The van der Waals surface area contributed by atoms with E-state index in [4.69, 9.17) is 4.74 Å². The first-order valence-electron chi connectivity index (χ1n) is 7.36. The highest BCUT2D eigenvalue weighted by Crippen LogP contribution is 2.18. The summed E-state index contributed by atoms with van der Waals surface area (Å²) in [4.78, 5) is 0. The predicted octanol–water partition coefficient (Wildman–Crippen LogP) is 3.79. The molecule has 0 aliphatic carbocycles. The van der Waals surface area contributed by atoms with Crippen LogP contribution in [0, 0.1) is 0 Å². The first-order chi connectivity index (χ1) is 9.56. The van der Waals surface area contributed by atoms with Crippen LogP contribution in [0.4, 0.5) is 0 Å². The van der Waals surface area contributed by atoms with Gasteiger partial charge in [-0.1, -0.05) is 42.5 Å². The van der Waals surface area contributed by atoms with Gasteiger partial charge in [0, 0.05) is 12.1 Å². The minimum atomic E-state index is 0.166. The van der Waals surface area contributed by atoms with Gasteiger partial charge in [-0.3, -0.25) is 0 Å². The largest absolute Gasteiger partial charge is 0.380 e. The Morgan fingerprint density at radius 2 is 1.70 bits per heavy atom. The van der Waals surface area contributed by atoms with Crippen molar-refractivity contribution in [1.29, 1.82) is 0 Å². The van der Waals surface area contributed by atoms with Gasteiger partial charge in [-0.2, -0.15) is 0 Å². The second kappa shape index (κ2) is 6.87. The Bertz CT molecular complexity index is 537. The molecule has 2 nitrogen and oxygen atoms in total. The van der Waals surface area contributed by atoms with Gasteiger partial charge in [0.2, 0.25) is 0 Å². The van der Waals surface area contributed by atoms with Gasteiger partial charge in [0.05, 0.1) is 13.2 Å². The minimum absolute atomic E-state index is 0.166. The SMILES string of the molecule is CC(C)(C)NCCOCCc1cccc2ccccc12. The Kier molecular flexibility index (Phi) is 5.16. The van der Waals surface area contributed by atoms with Crippen LogP contribution in [-0.4, -0.2) is 25.3 Å². The molecular formula is C18H25NO. The number of hydrogen-bond acceptors (Lipinski definition) is 2. The third kappa shape index (κ3) is 4.62. The lowest BCUT2D eigenvalue weighted by Crippen LogP contribution is -2.38. The molecule has 0 heterocycles. The fourth-order valence-electron chi connectivity index (χ4n) is 2.29. The number of fused-ring (bicyclic) bond motifs is 1. The van der Waals surface area contributed by atoms with E-state index in [-0.39, 0.29) is 5.54 Å². The number of nitrogens with one attached hydrogen (secondary N) is 1. The first-order valence-corrected chi connectivity index (χ1v) is 7.36. The van der Waals surface area contributed by atoms with E-state index in [9.17, 15) is 0 Å². The quantitative estimate of drug-likeness (QED) is 0.807. The highest BCUT2D eigenvalue weighted by molar-refractivity contribution is 5.85. The van der Waals surface area contributed by atoms with Crippen LogP contribution in [0.1, 0.15) is 26.3 Å². The Balaban J connectivity index is 1.79. The topological polar surface area (TPSA) is 21.3 Å². The smallest absolute Gasteiger partial charge is 0.0591 e. The molecule has 2 aromatic rings. The summed E-state index contributed by atoms with van der Waals surface area (Å²) in [6, 6.07) is 15.0. The fraction of sp³-hybridized carbons (Fsp3) is 0.444. The van der Waals surface area contributed by atoms with Crippen LogP contribution >= 0.6 is 0 Å². The maximum Gasteiger partial charge on any atom is 0.0591 e. The van der Waals surface area contributed by atoms with Gasteiger partial charge in [-0.25, -0.2) is 0 Å². The van der Waals surface area contributed by atoms with E-state index in [1.807, 2.05) is 0 Å². The van der Waals surface area contributed by atoms with Gasteiger partial charge >= 0.3 is 0 Å². The maximum atomic E-state index is 5.72. The molecule has 0 saturated heterocycles. The molecule has 0 aliphatic heterocycles. The summed E-state index contributed by atoms with van der Waals surface area (Å²) in [7, 11) is 0. The normalized spacial score (nSPS) is 11.9.